The minimum Gasteiger partial charge on any atom is -0.358 e. The summed E-state index contributed by atoms with van der Waals surface area (Å²) in [5, 5.41) is 2.50. The molecule has 1 aromatic rings. The van der Waals surface area contributed by atoms with Crippen molar-refractivity contribution in [2.45, 2.75) is 11.2 Å². The van der Waals surface area contributed by atoms with Crippen molar-refractivity contribution in [1.82, 2.24) is 5.32 Å². The second-order valence-corrected chi connectivity index (χ2v) is 3.98. The van der Waals surface area contributed by atoms with E-state index in [-0.39, 0.29) is 16.6 Å². The molecule has 4 heteroatoms. The van der Waals surface area contributed by atoms with Crippen LogP contribution in [-0.4, -0.2) is 17.8 Å². The molecule has 1 aromatic carbocycles. The molecule has 2 nitrogen and oxygen atoms in total. The number of amides is 1. The number of rotatable bonds is 3. The molecule has 1 N–H and O–H groups in total. The maximum Gasteiger partial charge on any atom is 0.233 e. The van der Waals surface area contributed by atoms with Gasteiger partial charge in [-0.2, -0.15) is 0 Å². The standard InChI is InChI=1S/C10H11BrFNO/c1-13-10(14)8(11)6-7-4-2-3-5-9(7)12/h2-5,8H,6H2,1H3,(H,13,14). The van der Waals surface area contributed by atoms with E-state index in [1.54, 1.807) is 25.2 Å². The highest BCUT2D eigenvalue weighted by atomic mass is 79.9. The summed E-state index contributed by atoms with van der Waals surface area (Å²) in [6, 6.07) is 6.44. The SMILES string of the molecule is CNC(=O)C(Br)Cc1ccccc1F. The van der Waals surface area contributed by atoms with Crippen LogP contribution in [0.1, 0.15) is 5.56 Å². The molecule has 76 valence electrons. The number of halogens is 2. The third kappa shape index (κ3) is 2.80. The monoisotopic (exact) mass is 259 g/mol. The molecule has 0 aliphatic heterocycles. The van der Waals surface area contributed by atoms with Crippen LogP contribution in [0.2, 0.25) is 0 Å². The molecular weight excluding hydrogens is 249 g/mol. The topological polar surface area (TPSA) is 29.1 Å². The molecule has 0 radical (unpaired) electrons. The Morgan fingerprint density at radius 3 is 2.79 bits per heavy atom. The normalized spacial score (nSPS) is 12.2. The van der Waals surface area contributed by atoms with E-state index in [9.17, 15) is 9.18 Å². The van der Waals surface area contributed by atoms with E-state index >= 15 is 0 Å². The first-order chi connectivity index (χ1) is 6.65. The zero-order chi connectivity index (χ0) is 10.6. The molecule has 1 atom stereocenters. The summed E-state index contributed by atoms with van der Waals surface area (Å²) in [5.74, 6) is -0.422. The quantitative estimate of drug-likeness (QED) is 0.826. The van der Waals surface area contributed by atoms with E-state index in [1.807, 2.05) is 0 Å². The van der Waals surface area contributed by atoms with E-state index in [4.69, 9.17) is 0 Å². The zero-order valence-electron chi connectivity index (χ0n) is 7.76. The Morgan fingerprint density at radius 1 is 1.57 bits per heavy atom. The molecule has 1 unspecified atom stereocenters. The van der Waals surface area contributed by atoms with Gasteiger partial charge < -0.3 is 5.32 Å². The fourth-order valence-electron chi connectivity index (χ4n) is 1.11. The zero-order valence-corrected chi connectivity index (χ0v) is 9.34. The van der Waals surface area contributed by atoms with Gasteiger partial charge in [0.15, 0.2) is 0 Å². The first-order valence-corrected chi connectivity index (χ1v) is 5.15. The Balaban J connectivity index is 2.69. The number of carbonyl (C=O) groups excluding carboxylic acids is 1. The van der Waals surface area contributed by atoms with Gasteiger partial charge in [-0.15, -0.1) is 0 Å². The Morgan fingerprint density at radius 2 is 2.21 bits per heavy atom. The predicted molar refractivity (Wildman–Crippen MR) is 56.9 cm³/mol. The molecule has 0 saturated carbocycles. The van der Waals surface area contributed by atoms with Crippen molar-refractivity contribution < 1.29 is 9.18 Å². The Hall–Kier alpha value is -0.900. The summed E-state index contributed by atoms with van der Waals surface area (Å²) in [5.41, 5.74) is 0.540. The minimum absolute atomic E-state index is 0.145. The molecule has 0 fully saturated rings. The highest BCUT2D eigenvalue weighted by Gasteiger charge is 2.15. The van der Waals surface area contributed by atoms with E-state index in [0.29, 0.717) is 12.0 Å². The van der Waals surface area contributed by atoms with Crippen LogP contribution < -0.4 is 5.32 Å². The van der Waals surface area contributed by atoms with Crippen LogP contribution in [0.4, 0.5) is 4.39 Å². The fourth-order valence-corrected chi connectivity index (χ4v) is 1.68. The van der Waals surface area contributed by atoms with Gasteiger partial charge in [-0.3, -0.25) is 4.79 Å². The van der Waals surface area contributed by atoms with Crippen molar-refractivity contribution in [3.05, 3.63) is 35.6 Å². The van der Waals surface area contributed by atoms with E-state index in [2.05, 4.69) is 21.2 Å². The average Bonchev–Trinajstić information content (AvgIpc) is 2.20. The number of hydrogen-bond acceptors (Lipinski definition) is 1. The summed E-state index contributed by atoms with van der Waals surface area (Å²) < 4.78 is 13.2. The lowest BCUT2D eigenvalue weighted by Gasteiger charge is -2.08. The van der Waals surface area contributed by atoms with Crippen LogP contribution in [0.15, 0.2) is 24.3 Å². The lowest BCUT2D eigenvalue weighted by molar-refractivity contribution is -0.119. The van der Waals surface area contributed by atoms with E-state index in [1.165, 1.54) is 6.07 Å². The van der Waals surface area contributed by atoms with Crippen LogP contribution in [0.5, 0.6) is 0 Å². The number of benzene rings is 1. The maximum atomic E-state index is 13.2. The smallest absolute Gasteiger partial charge is 0.233 e. The van der Waals surface area contributed by atoms with E-state index < -0.39 is 0 Å². The molecule has 1 amide bonds. The Bertz CT molecular complexity index is 330. The lowest BCUT2D eigenvalue weighted by Crippen LogP contribution is -2.29. The average molecular weight is 260 g/mol. The maximum absolute atomic E-state index is 13.2. The molecule has 0 bridgehead atoms. The summed E-state index contributed by atoms with van der Waals surface area (Å²) in [6.07, 6.45) is 0.354. The predicted octanol–water partition coefficient (Wildman–Crippen LogP) is 1.88. The van der Waals surface area contributed by atoms with E-state index in [0.717, 1.165) is 0 Å². The summed E-state index contributed by atoms with van der Waals surface area (Å²) in [7, 11) is 1.55. The first kappa shape index (κ1) is 11.2. The van der Waals surface area contributed by atoms with Gasteiger partial charge in [0.2, 0.25) is 5.91 Å². The lowest BCUT2D eigenvalue weighted by atomic mass is 10.1. The van der Waals surface area contributed by atoms with Crippen LogP contribution in [0.3, 0.4) is 0 Å². The third-order valence-electron chi connectivity index (χ3n) is 1.89. The van der Waals surface area contributed by atoms with Crippen molar-refractivity contribution in [3.8, 4) is 0 Å². The van der Waals surface area contributed by atoms with Gasteiger partial charge in [0.1, 0.15) is 5.82 Å². The van der Waals surface area contributed by atoms with Gasteiger partial charge in [-0.25, -0.2) is 4.39 Å². The molecule has 14 heavy (non-hydrogen) atoms. The van der Waals surface area contributed by atoms with Crippen LogP contribution in [0, 0.1) is 5.82 Å². The highest BCUT2D eigenvalue weighted by molar-refractivity contribution is 9.10. The fraction of sp³-hybridized carbons (Fsp3) is 0.300. The Labute approximate surface area is 90.6 Å². The first-order valence-electron chi connectivity index (χ1n) is 4.24. The minimum atomic E-state index is -0.385. The van der Waals surface area contributed by atoms with Gasteiger partial charge in [-0.1, -0.05) is 34.1 Å². The van der Waals surface area contributed by atoms with Crippen molar-refractivity contribution in [2.75, 3.05) is 7.05 Å². The van der Waals surface area contributed by atoms with Gasteiger partial charge in [0, 0.05) is 7.05 Å². The van der Waals surface area contributed by atoms with Crippen LogP contribution in [-0.2, 0) is 11.2 Å². The summed E-state index contributed by atoms with van der Waals surface area (Å²) in [4.78, 5) is 10.8. The molecule has 0 aromatic heterocycles. The summed E-state index contributed by atoms with van der Waals surface area (Å²) in [6.45, 7) is 0. The molecule has 0 aliphatic rings. The van der Waals surface area contributed by atoms with Crippen molar-refractivity contribution in [2.24, 2.45) is 0 Å². The van der Waals surface area contributed by atoms with Gasteiger partial charge in [0.25, 0.3) is 0 Å². The number of nitrogens with one attached hydrogen (secondary N) is 1. The number of alkyl halides is 1. The van der Waals surface area contributed by atoms with Crippen molar-refractivity contribution >= 4 is 21.8 Å². The molecule has 1 rings (SSSR count). The van der Waals surface area contributed by atoms with Crippen molar-refractivity contribution in [1.29, 1.82) is 0 Å². The summed E-state index contributed by atoms with van der Waals surface area (Å²) >= 11 is 3.20. The molecule has 0 aliphatic carbocycles. The van der Waals surface area contributed by atoms with Gasteiger partial charge >= 0.3 is 0 Å². The molecule has 0 saturated heterocycles. The highest BCUT2D eigenvalue weighted by Crippen LogP contribution is 2.13. The van der Waals surface area contributed by atoms with Crippen LogP contribution in [0.25, 0.3) is 0 Å². The van der Waals surface area contributed by atoms with Crippen molar-refractivity contribution in [3.63, 3.8) is 0 Å². The number of carbonyl (C=O) groups is 1. The van der Waals surface area contributed by atoms with Gasteiger partial charge in [-0.05, 0) is 18.1 Å². The molecule has 0 heterocycles. The van der Waals surface area contributed by atoms with Crippen LogP contribution >= 0.6 is 15.9 Å². The second kappa shape index (κ2) is 5.10. The number of hydrogen-bond donors (Lipinski definition) is 1. The molecular formula is C10H11BrFNO. The third-order valence-corrected chi connectivity index (χ3v) is 2.63. The second-order valence-electron chi connectivity index (χ2n) is 2.88. The Kier molecular flexibility index (Phi) is 4.07. The molecule has 0 spiro atoms. The van der Waals surface area contributed by atoms with Gasteiger partial charge in [0.05, 0.1) is 4.83 Å². The largest absolute Gasteiger partial charge is 0.358 e.